The molecule has 0 radical (unpaired) electrons. The van der Waals surface area contributed by atoms with Gasteiger partial charge in [0, 0.05) is 19.8 Å². The van der Waals surface area contributed by atoms with Gasteiger partial charge in [0.1, 0.15) is 0 Å². The molecule has 3 rings (SSSR count). The first-order chi connectivity index (χ1) is 18.8. The van der Waals surface area contributed by atoms with E-state index < -0.39 is 0 Å². The Hall–Kier alpha value is -0.650. The van der Waals surface area contributed by atoms with Crippen molar-refractivity contribution < 1.29 is 23.7 Å². The summed E-state index contributed by atoms with van der Waals surface area (Å²) in [5.74, 6) is 1.87. The Balaban J connectivity index is 1.12. The topological polar surface area (TPSA) is 54.0 Å². The summed E-state index contributed by atoms with van der Waals surface area (Å²) < 4.78 is 23.3. The van der Waals surface area contributed by atoms with Gasteiger partial charge in [-0.25, -0.2) is 0 Å². The lowest BCUT2D eigenvalue weighted by atomic mass is 9.70. The van der Waals surface area contributed by atoms with Gasteiger partial charge in [-0.15, -0.1) is 0 Å². The van der Waals surface area contributed by atoms with Gasteiger partial charge >= 0.3 is 5.97 Å². The minimum atomic E-state index is 0.0346. The lowest BCUT2D eigenvalue weighted by Gasteiger charge is -2.37. The van der Waals surface area contributed by atoms with Crippen molar-refractivity contribution >= 4 is 5.97 Å². The van der Waals surface area contributed by atoms with Crippen molar-refractivity contribution in [3.63, 3.8) is 0 Å². The van der Waals surface area contributed by atoms with Gasteiger partial charge in [-0.2, -0.15) is 0 Å². The summed E-state index contributed by atoms with van der Waals surface area (Å²) in [6.45, 7) is 5.47. The molecule has 38 heavy (non-hydrogen) atoms. The van der Waals surface area contributed by atoms with Crippen LogP contribution >= 0.6 is 0 Å². The van der Waals surface area contributed by atoms with Gasteiger partial charge in [0.15, 0.2) is 6.29 Å². The highest BCUT2D eigenvalue weighted by Crippen LogP contribution is 2.40. The fourth-order valence-electron chi connectivity index (χ4n) is 6.77. The standard InChI is InChI=1S/C33H60O5/c1-2-3-4-5-7-11-24-35-31-22-20-29(21-23-31)28-16-18-30(19-17-28)33(34)38-27-13-9-6-8-12-25-36-32-15-10-14-26-37-32/h28-32H,2-27H2,1H3. The number of carbonyl (C=O) groups is 1. The molecule has 1 unspecified atom stereocenters. The van der Waals surface area contributed by atoms with Crippen LogP contribution in [0.1, 0.15) is 148 Å². The van der Waals surface area contributed by atoms with E-state index in [2.05, 4.69) is 6.92 Å². The van der Waals surface area contributed by atoms with E-state index in [-0.39, 0.29) is 18.2 Å². The number of rotatable bonds is 19. The van der Waals surface area contributed by atoms with Crippen LogP contribution in [-0.2, 0) is 23.7 Å². The molecule has 0 spiro atoms. The van der Waals surface area contributed by atoms with Crippen LogP contribution in [0.2, 0.25) is 0 Å². The highest BCUT2D eigenvalue weighted by molar-refractivity contribution is 5.72. The van der Waals surface area contributed by atoms with E-state index in [1.165, 1.54) is 103 Å². The SMILES string of the molecule is CCCCCCCCOC1CCC(C2CCC(C(=O)OCCCCCCCOC3CCCCO3)CC2)CC1. The van der Waals surface area contributed by atoms with Crippen molar-refractivity contribution in [3.8, 4) is 0 Å². The fraction of sp³-hybridized carbons (Fsp3) is 0.970. The van der Waals surface area contributed by atoms with E-state index in [9.17, 15) is 4.79 Å². The number of unbranched alkanes of at least 4 members (excludes halogenated alkanes) is 9. The molecule has 0 aromatic heterocycles. The normalized spacial score (nSPS) is 28.3. The van der Waals surface area contributed by atoms with Crippen molar-refractivity contribution in [1.29, 1.82) is 0 Å². The lowest BCUT2D eigenvalue weighted by molar-refractivity contribution is -0.162. The summed E-state index contributed by atoms with van der Waals surface area (Å²) >= 11 is 0. The van der Waals surface area contributed by atoms with E-state index in [1.54, 1.807) is 0 Å². The first-order valence-corrected chi connectivity index (χ1v) is 16.8. The van der Waals surface area contributed by atoms with Gasteiger partial charge in [0.05, 0.1) is 18.6 Å². The molecule has 2 aliphatic carbocycles. The van der Waals surface area contributed by atoms with Gasteiger partial charge in [0.2, 0.25) is 0 Å². The average molecular weight is 537 g/mol. The molecule has 0 amide bonds. The molecule has 1 heterocycles. The number of hydrogen-bond donors (Lipinski definition) is 0. The highest BCUT2D eigenvalue weighted by Gasteiger charge is 2.33. The Labute approximate surface area is 234 Å². The van der Waals surface area contributed by atoms with Crippen LogP contribution < -0.4 is 0 Å². The molecule has 1 aliphatic heterocycles. The molecule has 1 saturated heterocycles. The largest absolute Gasteiger partial charge is 0.465 e. The molecule has 0 N–H and O–H groups in total. The van der Waals surface area contributed by atoms with E-state index in [0.29, 0.717) is 12.7 Å². The Morgan fingerprint density at radius 3 is 1.84 bits per heavy atom. The molecule has 2 saturated carbocycles. The third-order valence-electron chi connectivity index (χ3n) is 9.32. The van der Waals surface area contributed by atoms with Crippen molar-refractivity contribution in [2.24, 2.45) is 17.8 Å². The maximum Gasteiger partial charge on any atom is 0.308 e. The first kappa shape index (κ1) is 31.9. The van der Waals surface area contributed by atoms with E-state index in [4.69, 9.17) is 18.9 Å². The third kappa shape index (κ3) is 13.1. The Morgan fingerprint density at radius 2 is 1.21 bits per heavy atom. The van der Waals surface area contributed by atoms with Gasteiger partial charge in [-0.05, 0) is 102 Å². The number of ether oxygens (including phenoxy) is 4. The van der Waals surface area contributed by atoms with E-state index in [1.807, 2.05) is 0 Å². The second-order valence-corrected chi connectivity index (χ2v) is 12.4. The average Bonchev–Trinajstić information content (AvgIpc) is 2.96. The Morgan fingerprint density at radius 1 is 0.632 bits per heavy atom. The highest BCUT2D eigenvalue weighted by atomic mass is 16.7. The minimum Gasteiger partial charge on any atom is -0.465 e. The van der Waals surface area contributed by atoms with Crippen molar-refractivity contribution in [2.75, 3.05) is 26.4 Å². The zero-order valence-corrected chi connectivity index (χ0v) is 24.8. The van der Waals surface area contributed by atoms with Crippen LogP contribution in [0.15, 0.2) is 0 Å². The Kier molecular flexibility index (Phi) is 17.0. The molecule has 222 valence electrons. The fourth-order valence-corrected chi connectivity index (χ4v) is 6.77. The van der Waals surface area contributed by atoms with Gasteiger partial charge in [0.25, 0.3) is 0 Å². The molecule has 0 aromatic rings. The molecule has 5 heteroatoms. The smallest absolute Gasteiger partial charge is 0.308 e. The number of carbonyl (C=O) groups excluding carboxylic acids is 1. The number of hydrogen-bond acceptors (Lipinski definition) is 5. The number of esters is 1. The van der Waals surface area contributed by atoms with Crippen molar-refractivity contribution in [3.05, 3.63) is 0 Å². The van der Waals surface area contributed by atoms with Crippen LogP contribution in [0.3, 0.4) is 0 Å². The summed E-state index contributed by atoms with van der Waals surface area (Å²) in [6.07, 6.45) is 27.2. The van der Waals surface area contributed by atoms with Crippen LogP contribution in [0.5, 0.6) is 0 Å². The molecule has 0 aromatic carbocycles. The van der Waals surface area contributed by atoms with Crippen molar-refractivity contribution in [1.82, 2.24) is 0 Å². The van der Waals surface area contributed by atoms with E-state index in [0.717, 1.165) is 70.2 Å². The summed E-state index contributed by atoms with van der Waals surface area (Å²) in [4.78, 5) is 12.6. The van der Waals surface area contributed by atoms with Crippen LogP contribution in [0.4, 0.5) is 0 Å². The molecular formula is C33H60O5. The first-order valence-electron chi connectivity index (χ1n) is 16.8. The zero-order valence-electron chi connectivity index (χ0n) is 24.8. The minimum absolute atomic E-state index is 0.0346. The molecule has 3 aliphatic rings. The summed E-state index contributed by atoms with van der Waals surface area (Å²) in [7, 11) is 0. The summed E-state index contributed by atoms with van der Waals surface area (Å²) in [5.41, 5.74) is 0. The zero-order chi connectivity index (χ0) is 26.7. The molecule has 1 atom stereocenters. The van der Waals surface area contributed by atoms with Crippen molar-refractivity contribution in [2.45, 2.75) is 161 Å². The maximum atomic E-state index is 12.6. The Bertz CT molecular complexity index is 574. The molecule has 3 fully saturated rings. The summed E-state index contributed by atoms with van der Waals surface area (Å²) in [6, 6.07) is 0. The second kappa shape index (κ2) is 20.3. The summed E-state index contributed by atoms with van der Waals surface area (Å²) in [5, 5.41) is 0. The quantitative estimate of drug-likeness (QED) is 0.122. The molecular weight excluding hydrogens is 476 g/mol. The predicted molar refractivity (Wildman–Crippen MR) is 154 cm³/mol. The predicted octanol–water partition coefficient (Wildman–Crippen LogP) is 8.77. The third-order valence-corrected chi connectivity index (χ3v) is 9.32. The second-order valence-electron chi connectivity index (χ2n) is 12.4. The monoisotopic (exact) mass is 536 g/mol. The van der Waals surface area contributed by atoms with Gasteiger partial charge in [-0.1, -0.05) is 58.3 Å². The van der Waals surface area contributed by atoms with Crippen LogP contribution in [-0.4, -0.2) is 44.8 Å². The maximum absolute atomic E-state index is 12.6. The molecule has 0 bridgehead atoms. The van der Waals surface area contributed by atoms with Gasteiger partial charge in [-0.3, -0.25) is 4.79 Å². The lowest BCUT2D eigenvalue weighted by Crippen LogP contribution is -2.31. The molecule has 5 nitrogen and oxygen atoms in total. The van der Waals surface area contributed by atoms with Gasteiger partial charge < -0.3 is 18.9 Å². The van der Waals surface area contributed by atoms with Crippen LogP contribution in [0.25, 0.3) is 0 Å². The van der Waals surface area contributed by atoms with E-state index >= 15 is 0 Å². The van der Waals surface area contributed by atoms with Crippen LogP contribution in [0, 0.1) is 17.8 Å².